The maximum atomic E-state index is 11.5. The Morgan fingerprint density at radius 3 is 1.88 bits per heavy atom. The van der Waals surface area contributed by atoms with E-state index in [1.807, 2.05) is 6.92 Å². The first-order valence-corrected chi connectivity index (χ1v) is 6.79. The summed E-state index contributed by atoms with van der Waals surface area (Å²) in [5.74, 6) is 0. The van der Waals surface area contributed by atoms with Crippen molar-refractivity contribution in [2.75, 3.05) is 35.5 Å². The smallest absolute Gasteiger partial charge is 0.453 e. The molecule has 6 nitrogen and oxygen atoms in total. The van der Waals surface area contributed by atoms with E-state index in [-0.39, 0.29) is 5.67 Å². The minimum atomic E-state index is -2.86. The highest BCUT2D eigenvalue weighted by atomic mass is 28.4. The molecule has 0 aliphatic carbocycles. The van der Waals surface area contributed by atoms with Crippen LogP contribution in [0.2, 0.25) is 0 Å². The van der Waals surface area contributed by atoms with Gasteiger partial charge in [-0.3, -0.25) is 0 Å². The van der Waals surface area contributed by atoms with Gasteiger partial charge in [0.25, 0.3) is 0 Å². The fourth-order valence-electron chi connectivity index (χ4n) is 1.69. The molecule has 0 N–H and O–H groups in total. The molecule has 0 rings (SSSR count). The highest BCUT2D eigenvalue weighted by molar-refractivity contribution is 6.62. The van der Waals surface area contributed by atoms with Gasteiger partial charge in [-0.25, -0.2) is 4.79 Å². The molecule has 16 heavy (non-hydrogen) atoms. The van der Waals surface area contributed by atoms with Crippen LogP contribution >= 0.6 is 0 Å². The van der Waals surface area contributed by atoms with E-state index in [9.17, 15) is 4.79 Å². The zero-order valence-corrected chi connectivity index (χ0v) is 11.8. The molecule has 1 atom stereocenters. The zero-order chi connectivity index (χ0) is 12.8. The Morgan fingerprint density at radius 2 is 1.62 bits per heavy atom. The Labute approximate surface area is 97.8 Å². The van der Waals surface area contributed by atoms with Crippen LogP contribution in [0.3, 0.4) is 0 Å². The van der Waals surface area contributed by atoms with Crippen LogP contribution in [0.4, 0.5) is 4.79 Å². The summed E-state index contributed by atoms with van der Waals surface area (Å²) in [6, 6.07) is 0. The minimum absolute atomic E-state index is 0.264. The lowest BCUT2D eigenvalue weighted by molar-refractivity contribution is 0.0704. The van der Waals surface area contributed by atoms with Gasteiger partial charge in [0.1, 0.15) is 5.67 Å². The van der Waals surface area contributed by atoms with E-state index < -0.39 is 14.9 Å². The van der Waals surface area contributed by atoms with Crippen molar-refractivity contribution in [3.63, 3.8) is 0 Å². The average Bonchev–Trinajstić information content (AvgIpc) is 2.34. The molecule has 0 aliphatic heterocycles. The number of ether oxygens (including phenoxy) is 1. The molecule has 96 valence electrons. The van der Waals surface area contributed by atoms with Gasteiger partial charge in [-0.15, -0.1) is 0 Å². The van der Waals surface area contributed by atoms with E-state index in [4.69, 9.17) is 13.3 Å². The molecule has 0 radical (unpaired) electrons. The van der Waals surface area contributed by atoms with Gasteiger partial charge in [0.05, 0.1) is 7.11 Å². The van der Waals surface area contributed by atoms with Crippen molar-refractivity contribution in [1.29, 1.82) is 0 Å². The van der Waals surface area contributed by atoms with Crippen molar-refractivity contribution in [2.45, 2.75) is 19.0 Å². The second-order valence-electron chi connectivity index (χ2n) is 3.22. The van der Waals surface area contributed by atoms with Gasteiger partial charge in [0, 0.05) is 28.4 Å². The van der Waals surface area contributed by atoms with Gasteiger partial charge >= 0.3 is 14.9 Å². The van der Waals surface area contributed by atoms with Crippen molar-refractivity contribution in [2.24, 2.45) is 0 Å². The van der Waals surface area contributed by atoms with Crippen LogP contribution in [0.15, 0.2) is 0 Å². The van der Waals surface area contributed by atoms with E-state index in [1.54, 1.807) is 7.05 Å². The number of rotatable bonds is 6. The third kappa shape index (κ3) is 2.94. The Balaban J connectivity index is 5.00. The molecule has 0 aliphatic rings. The number of carbonyl (C=O) groups excluding carboxylic acids is 1. The average molecular weight is 251 g/mol. The molecule has 0 fully saturated rings. The summed E-state index contributed by atoms with van der Waals surface area (Å²) in [6.07, 6.45) is 0.225. The van der Waals surface area contributed by atoms with Crippen molar-refractivity contribution < 1.29 is 22.8 Å². The van der Waals surface area contributed by atoms with Gasteiger partial charge < -0.3 is 22.9 Å². The van der Waals surface area contributed by atoms with Gasteiger partial charge in [0.15, 0.2) is 0 Å². The van der Waals surface area contributed by atoms with Crippen LogP contribution in [0.25, 0.3) is 0 Å². The third-order valence-electron chi connectivity index (χ3n) is 2.58. The third-order valence-corrected chi connectivity index (χ3v) is 5.90. The monoisotopic (exact) mass is 251 g/mol. The van der Waals surface area contributed by atoms with Crippen LogP contribution in [-0.4, -0.2) is 60.9 Å². The second-order valence-corrected chi connectivity index (χ2v) is 6.32. The summed E-state index contributed by atoms with van der Waals surface area (Å²) >= 11 is 0. The summed E-state index contributed by atoms with van der Waals surface area (Å²) in [5, 5.41) is 0. The lowest BCUT2D eigenvalue weighted by Crippen LogP contribution is -2.61. The largest absolute Gasteiger partial charge is 0.524 e. The van der Waals surface area contributed by atoms with Crippen molar-refractivity contribution in [1.82, 2.24) is 4.90 Å². The SMILES string of the molecule is CCC(N(C)C(=O)OC)[Si](OC)(OC)OC. The Morgan fingerprint density at radius 1 is 1.19 bits per heavy atom. The molecule has 0 saturated carbocycles. The maximum Gasteiger partial charge on any atom is 0.524 e. The molecular formula is C9H21NO5Si. The Hall–Kier alpha value is -0.633. The second kappa shape index (κ2) is 6.84. The number of hydrogen-bond donors (Lipinski definition) is 0. The lowest BCUT2D eigenvalue weighted by Gasteiger charge is -2.36. The van der Waals surface area contributed by atoms with E-state index >= 15 is 0 Å². The van der Waals surface area contributed by atoms with Crippen molar-refractivity contribution in [3.8, 4) is 0 Å². The van der Waals surface area contributed by atoms with Gasteiger partial charge in [-0.05, 0) is 6.42 Å². The molecule has 1 unspecified atom stereocenters. The van der Waals surface area contributed by atoms with Gasteiger partial charge in [-0.2, -0.15) is 0 Å². The summed E-state index contributed by atoms with van der Waals surface area (Å²) in [4.78, 5) is 12.9. The molecule has 0 bridgehead atoms. The summed E-state index contributed by atoms with van der Waals surface area (Å²) in [6.45, 7) is 1.93. The number of methoxy groups -OCH3 is 1. The zero-order valence-electron chi connectivity index (χ0n) is 10.8. The molecular weight excluding hydrogens is 230 g/mol. The fourth-order valence-corrected chi connectivity index (χ4v) is 4.09. The van der Waals surface area contributed by atoms with E-state index in [0.29, 0.717) is 6.42 Å². The maximum absolute atomic E-state index is 11.5. The normalized spacial score (nSPS) is 13.4. The number of hydrogen-bond acceptors (Lipinski definition) is 5. The van der Waals surface area contributed by atoms with Crippen molar-refractivity contribution >= 4 is 14.9 Å². The lowest BCUT2D eigenvalue weighted by atomic mass is 10.4. The molecule has 0 aromatic rings. The number of amides is 1. The Bertz CT molecular complexity index is 214. The first-order chi connectivity index (χ1) is 7.52. The first kappa shape index (κ1) is 15.4. The quantitative estimate of drug-likeness (QED) is 0.656. The summed E-state index contributed by atoms with van der Waals surface area (Å²) < 4.78 is 20.7. The van der Waals surface area contributed by atoms with E-state index in [0.717, 1.165) is 0 Å². The van der Waals surface area contributed by atoms with Crippen LogP contribution < -0.4 is 0 Å². The van der Waals surface area contributed by atoms with E-state index in [1.165, 1.54) is 33.3 Å². The summed E-state index contributed by atoms with van der Waals surface area (Å²) in [7, 11) is 4.67. The molecule has 1 amide bonds. The Kier molecular flexibility index (Phi) is 6.57. The van der Waals surface area contributed by atoms with E-state index in [2.05, 4.69) is 4.74 Å². The fraction of sp³-hybridized carbons (Fsp3) is 0.889. The number of nitrogens with zero attached hydrogens (tertiary/aromatic N) is 1. The topological polar surface area (TPSA) is 57.2 Å². The van der Waals surface area contributed by atoms with Gasteiger partial charge in [0.2, 0.25) is 0 Å². The molecule has 0 aromatic carbocycles. The van der Waals surface area contributed by atoms with Crippen LogP contribution in [-0.2, 0) is 18.0 Å². The predicted molar refractivity (Wildman–Crippen MR) is 61.0 cm³/mol. The molecule has 7 heteroatoms. The van der Waals surface area contributed by atoms with Crippen LogP contribution in [0.1, 0.15) is 13.3 Å². The minimum Gasteiger partial charge on any atom is -0.453 e. The molecule has 0 aromatic heterocycles. The summed E-state index contributed by atoms with van der Waals surface area (Å²) in [5.41, 5.74) is -0.264. The van der Waals surface area contributed by atoms with Crippen LogP contribution in [0.5, 0.6) is 0 Å². The van der Waals surface area contributed by atoms with Gasteiger partial charge in [-0.1, -0.05) is 6.92 Å². The molecule has 0 saturated heterocycles. The highest BCUT2D eigenvalue weighted by Crippen LogP contribution is 2.20. The molecule has 0 heterocycles. The van der Waals surface area contributed by atoms with Crippen molar-refractivity contribution in [3.05, 3.63) is 0 Å². The highest BCUT2D eigenvalue weighted by Gasteiger charge is 2.50. The standard InChI is InChI=1S/C9H21NO5Si/c1-7-8(10(2)9(11)12-3)16(13-4,14-5)15-6/h8H,7H2,1-6H3. The number of carbonyl (C=O) groups is 1. The predicted octanol–water partition coefficient (Wildman–Crippen LogP) is 0.881. The van der Waals surface area contributed by atoms with Crippen LogP contribution in [0, 0.1) is 0 Å². The first-order valence-electron chi connectivity index (χ1n) is 4.99. The molecule has 0 spiro atoms.